The quantitative estimate of drug-likeness (QED) is 0.819. The second-order valence-electron chi connectivity index (χ2n) is 4.52. The fourth-order valence-corrected chi connectivity index (χ4v) is 3.66. The smallest absolute Gasteiger partial charge is 0.264 e. The second-order valence-corrected chi connectivity index (χ2v) is 7.02. The van der Waals surface area contributed by atoms with Crippen molar-refractivity contribution in [2.24, 2.45) is 0 Å². The molecule has 2 aromatic rings. The molecular formula is C13H15ClN2O2S. The highest BCUT2D eigenvalue weighted by atomic mass is 35.7. The van der Waals surface area contributed by atoms with Crippen molar-refractivity contribution in [3.63, 3.8) is 0 Å². The average molecular weight is 299 g/mol. The van der Waals surface area contributed by atoms with Crippen LogP contribution in [0.4, 0.5) is 0 Å². The first-order valence-electron chi connectivity index (χ1n) is 5.84. The highest BCUT2D eigenvalue weighted by Crippen LogP contribution is 2.24. The first-order chi connectivity index (χ1) is 8.80. The Morgan fingerprint density at radius 2 is 1.84 bits per heavy atom. The minimum atomic E-state index is -3.76. The lowest BCUT2D eigenvalue weighted by Gasteiger charge is -2.07. The standard InChI is InChI=1S/C13H15ClN2O2S/c1-9-6-4-5-7-12(9)8-16-11(3)13(10(2)15-16)19(14,17)18/h4-7H,8H2,1-3H3. The van der Waals surface area contributed by atoms with Crippen LogP contribution in [-0.2, 0) is 15.6 Å². The average Bonchev–Trinajstić information content (AvgIpc) is 2.56. The molecule has 2 rings (SSSR count). The van der Waals surface area contributed by atoms with Crippen LogP contribution in [0.3, 0.4) is 0 Å². The van der Waals surface area contributed by atoms with E-state index in [2.05, 4.69) is 5.10 Å². The van der Waals surface area contributed by atoms with Gasteiger partial charge in [-0.15, -0.1) is 0 Å². The third kappa shape index (κ3) is 2.82. The van der Waals surface area contributed by atoms with Crippen LogP contribution in [0.25, 0.3) is 0 Å². The Hall–Kier alpha value is -1.33. The van der Waals surface area contributed by atoms with Gasteiger partial charge in [0, 0.05) is 10.7 Å². The van der Waals surface area contributed by atoms with Gasteiger partial charge < -0.3 is 0 Å². The number of aryl methyl sites for hydroxylation is 2. The van der Waals surface area contributed by atoms with Gasteiger partial charge in [0.15, 0.2) is 0 Å². The van der Waals surface area contributed by atoms with Crippen molar-refractivity contribution in [1.29, 1.82) is 0 Å². The molecule has 0 radical (unpaired) electrons. The van der Waals surface area contributed by atoms with E-state index in [-0.39, 0.29) is 4.90 Å². The number of nitrogens with zero attached hydrogens (tertiary/aromatic N) is 2. The molecule has 102 valence electrons. The number of aromatic nitrogens is 2. The Bertz CT molecular complexity index is 720. The zero-order valence-corrected chi connectivity index (χ0v) is 12.6. The molecule has 6 heteroatoms. The third-order valence-corrected chi connectivity index (χ3v) is 4.68. The normalized spacial score (nSPS) is 11.8. The molecule has 1 heterocycles. The van der Waals surface area contributed by atoms with E-state index in [0.717, 1.165) is 11.1 Å². The molecule has 0 N–H and O–H groups in total. The van der Waals surface area contributed by atoms with Gasteiger partial charge in [0.25, 0.3) is 9.05 Å². The number of hydrogen-bond acceptors (Lipinski definition) is 3. The van der Waals surface area contributed by atoms with Gasteiger partial charge in [0.2, 0.25) is 0 Å². The van der Waals surface area contributed by atoms with Crippen LogP contribution in [0.5, 0.6) is 0 Å². The maximum atomic E-state index is 11.5. The minimum Gasteiger partial charge on any atom is -0.264 e. The summed E-state index contributed by atoms with van der Waals surface area (Å²) in [4.78, 5) is 0.114. The molecule has 0 saturated carbocycles. The lowest BCUT2D eigenvalue weighted by atomic mass is 10.1. The fourth-order valence-electron chi connectivity index (χ4n) is 2.14. The lowest BCUT2D eigenvalue weighted by Crippen LogP contribution is -2.06. The summed E-state index contributed by atoms with van der Waals surface area (Å²) in [5, 5.41) is 4.27. The first-order valence-corrected chi connectivity index (χ1v) is 8.15. The summed E-state index contributed by atoms with van der Waals surface area (Å²) in [5.41, 5.74) is 3.24. The summed E-state index contributed by atoms with van der Waals surface area (Å²) >= 11 is 0. The lowest BCUT2D eigenvalue weighted by molar-refractivity contribution is 0.607. The molecule has 0 spiro atoms. The van der Waals surface area contributed by atoms with Crippen LogP contribution in [0.15, 0.2) is 29.2 Å². The van der Waals surface area contributed by atoms with Gasteiger partial charge in [-0.2, -0.15) is 5.10 Å². The van der Waals surface area contributed by atoms with E-state index >= 15 is 0 Å². The summed E-state index contributed by atoms with van der Waals surface area (Å²) in [7, 11) is 1.68. The van der Waals surface area contributed by atoms with E-state index in [0.29, 0.717) is 17.9 Å². The largest absolute Gasteiger partial charge is 0.264 e. The molecule has 1 aromatic heterocycles. The Balaban J connectivity index is 2.47. The summed E-state index contributed by atoms with van der Waals surface area (Å²) in [5.74, 6) is 0. The van der Waals surface area contributed by atoms with Crippen molar-refractivity contribution < 1.29 is 8.42 Å². The molecule has 0 aliphatic heterocycles. The van der Waals surface area contributed by atoms with Crippen molar-refractivity contribution in [3.05, 3.63) is 46.8 Å². The van der Waals surface area contributed by atoms with Gasteiger partial charge in [-0.1, -0.05) is 24.3 Å². The molecule has 0 fully saturated rings. The first kappa shape index (κ1) is 14.1. The molecule has 19 heavy (non-hydrogen) atoms. The minimum absolute atomic E-state index is 0.114. The molecule has 0 amide bonds. The summed E-state index contributed by atoms with van der Waals surface area (Å²) in [6.45, 7) is 5.91. The van der Waals surface area contributed by atoms with E-state index in [9.17, 15) is 8.42 Å². The number of hydrogen-bond donors (Lipinski definition) is 0. The molecule has 4 nitrogen and oxygen atoms in total. The molecule has 0 atom stereocenters. The Morgan fingerprint density at radius 1 is 1.21 bits per heavy atom. The van der Waals surface area contributed by atoms with Gasteiger partial charge in [-0.3, -0.25) is 4.68 Å². The Labute approximate surface area is 117 Å². The van der Waals surface area contributed by atoms with E-state index < -0.39 is 9.05 Å². The fraction of sp³-hybridized carbons (Fsp3) is 0.308. The second kappa shape index (κ2) is 4.98. The zero-order valence-electron chi connectivity index (χ0n) is 11.0. The van der Waals surface area contributed by atoms with E-state index in [1.165, 1.54) is 0 Å². The van der Waals surface area contributed by atoms with E-state index in [1.54, 1.807) is 18.5 Å². The number of halogens is 1. The van der Waals surface area contributed by atoms with Gasteiger partial charge >= 0.3 is 0 Å². The zero-order chi connectivity index (χ0) is 14.2. The van der Waals surface area contributed by atoms with Crippen LogP contribution >= 0.6 is 10.7 Å². The monoisotopic (exact) mass is 298 g/mol. The van der Waals surface area contributed by atoms with Crippen LogP contribution in [0.2, 0.25) is 0 Å². The van der Waals surface area contributed by atoms with Crippen molar-refractivity contribution in [3.8, 4) is 0 Å². The highest BCUT2D eigenvalue weighted by Gasteiger charge is 2.22. The Morgan fingerprint density at radius 3 is 2.37 bits per heavy atom. The highest BCUT2D eigenvalue weighted by molar-refractivity contribution is 8.13. The molecule has 0 saturated heterocycles. The summed E-state index contributed by atoms with van der Waals surface area (Å²) in [6.07, 6.45) is 0. The summed E-state index contributed by atoms with van der Waals surface area (Å²) < 4.78 is 24.7. The molecule has 0 aliphatic rings. The van der Waals surface area contributed by atoms with Crippen LogP contribution in [0, 0.1) is 20.8 Å². The Kier molecular flexibility index (Phi) is 3.69. The van der Waals surface area contributed by atoms with Gasteiger partial charge in [-0.05, 0) is 31.9 Å². The van der Waals surface area contributed by atoms with Gasteiger partial charge in [-0.25, -0.2) is 8.42 Å². The van der Waals surface area contributed by atoms with E-state index in [4.69, 9.17) is 10.7 Å². The van der Waals surface area contributed by atoms with Crippen molar-refractivity contribution in [2.45, 2.75) is 32.2 Å². The topological polar surface area (TPSA) is 52.0 Å². The van der Waals surface area contributed by atoms with Crippen LogP contribution in [0.1, 0.15) is 22.5 Å². The maximum absolute atomic E-state index is 11.5. The molecular weight excluding hydrogens is 284 g/mol. The maximum Gasteiger partial charge on any atom is 0.264 e. The molecule has 0 unspecified atom stereocenters. The van der Waals surface area contributed by atoms with Crippen LogP contribution < -0.4 is 0 Å². The third-order valence-electron chi connectivity index (χ3n) is 3.14. The van der Waals surface area contributed by atoms with Gasteiger partial charge in [0.05, 0.1) is 17.9 Å². The summed E-state index contributed by atoms with van der Waals surface area (Å²) in [6, 6.07) is 7.93. The van der Waals surface area contributed by atoms with Crippen molar-refractivity contribution in [1.82, 2.24) is 9.78 Å². The molecule has 0 aliphatic carbocycles. The number of benzene rings is 1. The van der Waals surface area contributed by atoms with Crippen molar-refractivity contribution >= 4 is 19.7 Å². The number of rotatable bonds is 3. The predicted molar refractivity (Wildman–Crippen MR) is 75.0 cm³/mol. The van der Waals surface area contributed by atoms with Crippen molar-refractivity contribution in [2.75, 3.05) is 0 Å². The molecule has 0 bridgehead atoms. The van der Waals surface area contributed by atoms with E-state index in [1.807, 2.05) is 31.2 Å². The molecule has 1 aromatic carbocycles. The SMILES string of the molecule is Cc1ccccc1Cn1nc(C)c(S(=O)(=O)Cl)c1C. The van der Waals surface area contributed by atoms with Crippen LogP contribution in [-0.4, -0.2) is 18.2 Å². The van der Waals surface area contributed by atoms with Gasteiger partial charge in [0.1, 0.15) is 4.90 Å². The predicted octanol–water partition coefficient (Wildman–Crippen LogP) is 2.78.